The molecule has 0 aliphatic carbocycles. The lowest BCUT2D eigenvalue weighted by Crippen LogP contribution is -2.15. The van der Waals surface area contributed by atoms with Crippen LogP contribution in [-0.2, 0) is 11.2 Å². The van der Waals surface area contributed by atoms with E-state index >= 15 is 0 Å². The molecule has 1 aromatic heterocycles. The van der Waals surface area contributed by atoms with E-state index in [2.05, 4.69) is 25.4 Å². The van der Waals surface area contributed by atoms with Gasteiger partial charge in [0.25, 0.3) is 0 Å². The summed E-state index contributed by atoms with van der Waals surface area (Å²) in [7, 11) is 0. The topological polar surface area (TPSA) is 57.7 Å². The van der Waals surface area contributed by atoms with Gasteiger partial charge in [0.15, 0.2) is 5.56 Å². The molecular formula is C21H32ClNO4. The first-order valence-corrected chi connectivity index (χ1v) is 10.2. The quantitative estimate of drug-likeness (QED) is 0.172. The van der Waals surface area contributed by atoms with E-state index in [1.165, 1.54) is 0 Å². The monoisotopic (exact) mass is 397 g/mol. The van der Waals surface area contributed by atoms with Crippen LogP contribution in [0, 0.1) is 0 Å². The van der Waals surface area contributed by atoms with Gasteiger partial charge in [-0.1, -0.05) is 57.7 Å². The molecule has 0 aromatic carbocycles. The number of carbonyl (C=O) groups excluding carboxylic acids is 1. The number of pyridine rings is 1. The summed E-state index contributed by atoms with van der Waals surface area (Å²) in [4.78, 5) is 17.1. The fraction of sp³-hybridized carbons (Fsp3) is 0.619. The Morgan fingerprint density at radius 3 is 2.22 bits per heavy atom. The lowest BCUT2D eigenvalue weighted by atomic mass is 10.1. The molecule has 0 saturated heterocycles. The molecule has 0 unspecified atom stereocenters. The maximum absolute atomic E-state index is 12.8. The molecular weight excluding hydrogens is 366 g/mol. The second-order valence-corrected chi connectivity index (χ2v) is 6.63. The number of hydrogen-bond donors (Lipinski definition) is 0. The van der Waals surface area contributed by atoms with Gasteiger partial charge in [0, 0.05) is 5.56 Å². The fourth-order valence-electron chi connectivity index (χ4n) is 2.33. The smallest absolute Gasteiger partial charge is 0.347 e. The zero-order valence-corrected chi connectivity index (χ0v) is 17.6. The Morgan fingerprint density at radius 2 is 1.63 bits per heavy atom. The Labute approximate surface area is 168 Å². The normalized spacial score (nSPS) is 10.5. The molecule has 0 aliphatic rings. The molecule has 0 atom stereocenters. The minimum absolute atomic E-state index is 0.175. The van der Waals surface area contributed by atoms with E-state index in [4.69, 9.17) is 25.8 Å². The van der Waals surface area contributed by atoms with E-state index < -0.39 is 5.97 Å². The van der Waals surface area contributed by atoms with Crippen LogP contribution in [0.2, 0.25) is 5.15 Å². The minimum Gasteiger partial charge on any atom is -0.492 e. The van der Waals surface area contributed by atoms with Gasteiger partial charge in [-0.05, 0) is 25.7 Å². The molecule has 1 heterocycles. The van der Waals surface area contributed by atoms with Gasteiger partial charge in [-0.15, -0.1) is 6.58 Å². The predicted molar refractivity (Wildman–Crippen MR) is 109 cm³/mol. The van der Waals surface area contributed by atoms with Crippen molar-refractivity contribution in [1.29, 1.82) is 0 Å². The number of nitrogens with zero attached hydrogens (tertiary/aromatic N) is 1. The number of ether oxygens (including phenoxy) is 3. The van der Waals surface area contributed by atoms with Gasteiger partial charge in [0.1, 0.15) is 10.9 Å². The van der Waals surface area contributed by atoms with Gasteiger partial charge in [-0.3, -0.25) is 0 Å². The number of halogens is 1. The van der Waals surface area contributed by atoms with E-state index in [1.54, 1.807) is 6.08 Å². The average molecular weight is 398 g/mol. The Morgan fingerprint density at radius 1 is 1.04 bits per heavy atom. The van der Waals surface area contributed by atoms with Crippen LogP contribution < -0.4 is 9.47 Å². The van der Waals surface area contributed by atoms with Gasteiger partial charge in [-0.2, -0.15) is 0 Å². The van der Waals surface area contributed by atoms with Crippen molar-refractivity contribution in [2.24, 2.45) is 0 Å². The summed E-state index contributed by atoms with van der Waals surface area (Å²) in [5, 5.41) is 0.262. The molecule has 0 bridgehead atoms. The second kappa shape index (κ2) is 13.4. The van der Waals surface area contributed by atoms with E-state index in [1.807, 2.05) is 6.92 Å². The molecule has 0 aliphatic heterocycles. The summed E-state index contributed by atoms with van der Waals surface area (Å²) in [6.07, 6.45) is 7.55. The van der Waals surface area contributed by atoms with Crippen LogP contribution in [0.15, 0.2) is 12.7 Å². The zero-order chi connectivity index (χ0) is 20.1. The van der Waals surface area contributed by atoms with Crippen molar-refractivity contribution in [3.8, 4) is 11.6 Å². The number of carbonyl (C=O) groups is 1. The number of hydrogen-bond acceptors (Lipinski definition) is 5. The van der Waals surface area contributed by atoms with E-state index in [9.17, 15) is 4.79 Å². The third-order valence-corrected chi connectivity index (χ3v) is 4.24. The maximum atomic E-state index is 12.8. The number of esters is 1. The molecule has 0 amide bonds. The largest absolute Gasteiger partial charge is 0.492 e. The highest BCUT2D eigenvalue weighted by Crippen LogP contribution is 2.37. The van der Waals surface area contributed by atoms with Crippen molar-refractivity contribution in [3.63, 3.8) is 0 Å². The van der Waals surface area contributed by atoms with Gasteiger partial charge in [0.05, 0.1) is 19.8 Å². The van der Waals surface area contributed by atoms with Crippen molar-refractivity contribution < 1.29 is 19.0 Å². The van der Waals surface area contributed by atoms with Crippen LogP contribution in [-0.4, -0.2) is 30.8 Å². The molecule has 5 nitrogen and oxygen atoms in total. The Kier molecular flexibility index (Phi) is 11.6. The molecule has 6 heteroatoms. The van der Waals surface area contributed by atoms with Crippen LogP contribution in [0.1, 0.15) is 75.2 Å². The summed E-state index contributed by atoms with van der Waals surface area (Å²) in [6, 6.07) is 0. The molecule has 27 heavy (non-hydrogen) atoms. The van der Waals surface area contributed by atoms with Crippen molar-refractivity contribution >= 4 is 17.6 Å². The predicted octanol–water partition coefficient (Wildman–Crippen LogP) is 5.78. The first-order chi connectivity index (χ1) is 13.1. The first-order valence-electron chi connectivity index (χ1n) is 9.86. The standard InChI is InChI=1S/C21H32ClNO4/c1-5-9-13-25-18-16(12-8-4)19(22)23-20(26-14-10-6-2)17(18)21(24)27-15-11-7-3/h8H,4-7,9-15H2,1-3H3. The van der Waals surface area contributed by atoms with Crippen molar-refractivity contribution in [3.05, 3.63) is 28.9 Å². The number of aromatic nitrogens is 1. The maximum Gasteiger partial charge on any atom is 0.347 e. The van der Waals surface area contributed by atoms with E-state index in [-0.39, 0.29) is 16.6 Å². The molecule has 0 spiro atoms. The molecule has 152 valence electrons. The SMILES string of the molecule is C=CCc1c(Cl)nc(OCCCC)c(C(=O)OCCCC)c1OCCCC. The second-order valence-electron chi connectivity index (χ2n) is 6.28. The summed E-state index contributed by atoms with van der Waals surface area (Å²) in [5.41, 5.74) is 0.854. The molecule has 1 rings (SSSR count). The minimum atomic E-state index is -0.490. The molecule has 0 N–H and O–H groups in total. The molecule has 1 aromatic rings. The highest BCUT2D eigenvalue weighted by Gasteiger charge is 2.27. The highest BCUT2D eigenvalue weighted by atomic mass is 35.5. The zero-order valence-electron chi connectivity index (χ0n) is 16.8. The van der Waals surface area contributed by atoms with E-state index in [0.717, 1.165) is 38.5 Å². The summed E-state index contributed by atoms with van der Waals surface area (Å²) in [5.74, 6) is 0.0848. The van der Waals surface area contributed by atoms with Crippen LogP contribution in [0.25, 0.3) is 0 Å². The van der Waals surface area contributed by atoms with Gasteiger partial charge in [0.2, 0.25) is 5.88 Å². The molecule has 0 saturated carbocycles. The van der Waals surface area contributed by atoms with Crippen LogP contribution >= 0.6 is 11.6 Å². The summed E-state index contributed by atoms with van der Waals surface area (Å²) in [6.45, 7) is 11.2. The van der Waals surface area contributed by atoms with Crippen LogP contribution in [0.4, 0.5) is 0 Å². The summed E-state index contributed by atoms with van der Waals surface area (Å²) >= 11 is 6.37. The van der Waals surface area contributed by atoms with Crippen molar-refractivity contribution in [2.45, 2.75) is 65.7 Å². The first kappa shape index (κ1) is 23.3. The van der Waals surface area contributed by atoms with Crippen LogP contribution in [0.5, 0.6) is 11.6 Å². The van der Waals surface area contributed by atoms with Crippen LogP contribution in [0.3, 0.4) is 0 Å². The third kappa shape index (κ3) is 7.41. The van der Waals surface area contributed by atoms with Gasteiger partial charge in [-0.25, -0.2) is 9.78 Å². The number of rotatable bonds is 14. The molecule has 0 fully saturated rings. The van der Waals surface area contributed by atoms with Gasteiger partial charge >= 0.3 is 5.97 Å². The summed E-state index contributed by atoms with van der Waals surface area (Å²) < 4.78 is 17.2. The van der Waals surface area contributed by atoms with Gasteiger partial charge < -0.3 is 14.2 Å². The number of unbranched alkanes of at least 4 members (excludes halogenated alkanes) is 3. The van der Waals surface area contributed by atoms with Crippen molar-refractivity contribution in [2.75, 3.05) is 19.8 Å². The average Bonchev–Trinajstić information content (AvgIpc) is 2.65. The fourth-order valence-corrected chi connectivity index (χ4v) is 2.57. The lowest BCUT2D eigenvalue weighted by molar-refractivity contribution is 0.0488. The number of allylic oxidation sites excluding steroid dienone is 1. The Balaban J connectivity index is 3.33. The Hall–Kier alpha value is -1.75. The highest BCUT2D eigenvalue weighted by molar-refractivity contribution is 6.30. The Bertz CT molecular complexity index is 604. The van der Waals surface area contributed by atoms with Crippen molar-refractivity contribution in [1.82, 2.24) is 4.98 Å². The molecule has 0 radical (unpaired) electrons. The lowest BCUT2D eigenvalue weighted by Gasteiger charge is -2.19. The van der Waals surface area contributed by atoms with E-state index in [0.29, 0.717) is 37.6 Å². The third-order valence-electron chi connectivity index (χ3n) is 3.93.